The first-order valence-electron chi connectivity index (χ1n) is 7.49. The van der Waals surface area contributed by atoms with E-state index in [1.54, 1.807) is 0 Å². The van der Waals surface area contributed by atoms with Crippen LogP contribution in [-0.4, -0.2) is 35.1 Å². The van der Waals surface area contributed by atoms with Crippen molar-refractivity contribution in [2.24, 2.45) is 5.92 Å². The third-order valence-electron chi connectivity index (χ3n) is 4.54. The van der Waals surface area contributed by atoms with Crippen molar-refractivity contribution in [1.29, 1.82) is 0 Å². The third kappa shape index (κ3) is 2.88. The number of carbonyl (C=O) groups excluding carboxylic acids is 1. The molecule has 0 aromatic heterocycles. The van der Waals surface area contributed by atoms with Crippen LogP contribution in [0.1, 0.15) is 39.2 Å². The van der Waals surface area contributed by atoms with Crippen molar-refractivity contribution in [2.45, 2.75) is 45.1 Å². The minimum atomic E-state index is -0.512. The predicted octanol–water partition coefficient (Wildman–Crippen LogP) is 2.58. The summed E-state index contributed by atoms with van der Waals surface area (Å²) in [6, 6.07) is 9.93. The molecule has 1 aromatic carbocycles. The minimum absolute atomic E-state index is 0.161. The summed E-state index contributed by atoms with van der Waals surface area (Å²) in [5, 5.41) is 9.95. The van der Waals surface area contributed by atoms with Crippen molar-refractivity contribution in [3.05, 3.63) is 35.9 Å². The molecule has 2 unspecified atom stereocenters. The minimum Gasteiger partial charge on any atom is -0.393 e. The number of likely N-dealkylation sites (tertiary alicyclic amines) is 1. The number of piperidine rings is 1. The Balaban J connectivity index is 2.15. The van der Waals surface area contributed by atoms with Crippen LogP contribution in [0.4, 0.5) is 0 Å². The Kier molecular flexibility index (Phi) is 4.48. The smallest absolute Gasteiger partial charge is 0.232 e. The number of carbonyl (C=O) groups is 1. The van der Waals surface area contributed by atoms with Gasteiger partial charge in [0, 0.05) is 19.0 Å². The molecule has 1 aliphatic rings. The van der Waals surface area contributed by atoms with Crippen LogP contribution in [0.3, 0.4) is 0 Å². The Morgan fingerprint density at radius 1 is 1.35 bits per heavy atom. The first-order chi connectivity index (χ1) is 9.46. The van der Waals surface area contributed by atoms with E-state index in [1.807, 2.05) is 49.1 Å². The van der Waals surface area contributed by atoms with Crippen molar-refractivity contribution >= 4 is 5.91 Å². The van der Waals surface area contributed by atoms with E-state index in [0.717, 1.165) is 12.0 Å². The highest BCUT2D eigenvalue weighted by Crippen LogP contribution is 2.29. The van der Waals surface area contributed by atoms with Gasteiger partial charge in [0.1, 0.15) is 0 Å². The van der Waals surface area contributed by atoms with Crippen molar-refractivity contribution in [1.82, 2.24) is 4.90 Å². The van der Waals surface area contributed by atoms with E-state index in [9.17, 15) is 9.90 Å². The zero-order valence-electron chi connectivity index (χ0n) is 12.7. The van der Waals surface area contributed by atoms with Gasteiger partial charge in [-0.2, -0.15) is 0 Å². The topological polar surface area (TPSA) is 40.5 Å². The normalized spacial score (nSPS) is 23.7. The molecule has 0 aliphatic carbocycles. The maximum absolute atomic E-state index is 12.8. The Morgan fingerprint density at radius 3 is 2.60 bits per heavy atom. The maximum Gasteiger partial charge on any atom is 0.232 e. The number of aliphatic hydroxyl groups is 1. The molecule has 1 aliphatic heterocycles. The largest absolute Gasteiger partial charge is 0.393 e. The van der Waals surface area contributed by atoms with Crippen LogP contribution in [0.25, 0.3) is 0 Å². The van der Waals surface area contributed by atoms with E-state index < -0.39 is 5.41 Å². The van der Waals surface area contributed by atoms with Gasteiger partial charge in [-0.1, -0.05) is 37.3 Å². The molecule has 0 spiro atoms. The first-order valence-corrected chi connectivity index (χ1v) is 7.49. The van der Waals surface area contributed by atoms with Crippen molar-refractivity contribution in [3.63, 3.8) is 0 Å². The van der Waals surface area contributed by atoms with Crippen LogP contribution in [-0.2, 0) is 10.2 Å². The number of hydrogen-bond acceptors (Lipinski definition) is 2. The molecule has 110 valence electrons. The first kappa shape index (κ1) is 15.0. The molecule has 1 fully saturated rings. The SMILES string of the molecule is CCC1CN(C(=O)C(C)(C)c2ccccc2)CCC1O. The molecule has 0 radical (unpaired) electrons. The van der Waals surface area contributed by atoms with Crippen molar-refractivity contribution < 1.29 is 9.90 Å². The van der Waals surface area contributed by atoms with Crippen LogP contribution >= 0.6 is 0 Å². The van der Waals surface area contributed by atoms with E-state index in [4.69, 9.17) is 0 Å². The zero-order valence-corrected chi connectivity index (χ0v) is 12.7. The molecule has 2 atom stereocenters. The summed E-state index contributed by atoms with van der Waals surface area (Å²) >= 11 is 0. The Labute approximate surface area is 121 Å². The number of aliphatic hydroxyl groups excluding tert-OH is 1. The van der Waals surface area contributed by atoms with Crippen molar-refractivity contribution in [3.8, 4) is 0 Å². The monoisotopic (exact) mass is 275 g/mol. The lowest BCUT2D eigenvalue weighted by atomic mass is 9.82. The number of benzene rings is 1. The van der Waals surface area contributed by atoms with E-state index in [1.165, 1.54) is 0 Å². The highest BCUT2D eigenvalue weighted by atomic mass is 16.3. The van der Waals surface area contributed by atoms with E-state index >= 15 is 0 Å². The predicted molar refractivity (Wildman–Crippen MR) is 80.5 cm³/mol. The molecule has 3 heteroatoms. The molecule has 1 amide bonds. The second-order valence-corrected chi connectivity index (χ2v) is 6.27. The van der Waals surface area contributed by atoms with Gasteiger partial charge in [-0.05, 0) is 32.3 Å². The van der Waals surface area contributed by atoms with Crippen LogP contribution in [0.2, 0.25) is 0 Å². The number of amides is 1. The summed E-state index contributed by atoms with van der Waals surface area (Å²) in [6.45, 7) is 7.37. The summed E-state index contributed by atoms with van der Waals surface area (Å²) in [7, 11) is 0. The summed E-state index contributed by atoms with van der Waals surface area (Å²) in [5.74, 6) is 0.369. The van der Waals surface area contributed by atoms with E-state index in [-0.39, 0.29) is 17.9 Å². The average molecular weight is 275 g/mol. The lowest BCUT2D eigenvalue weighted by molar-refractivity contribution is -0.140. The van der Waals surface area contributed by atoms with Gasteiger partial charge in [0.2, 0.25) is 5.91 Å². The van der Waals surface area contributed by atoms with Crippen LogP contribution in [0, 0.1) is 5.92 Å². The lowest BCUT2D eigenvalue weighted by Gasteiger charge is -2.39. The molecule has 1 saturated heterocycles. The molecule has 1 heterocycles. The Hall–Kier alpha value is -1.35. The summed E-state index contributed by atoms with van der Waals surface area (Å²) in [5.41, 5.74) is 0.533. The molecular weight excluding hydrogens is 250 g/mol. The third-order valence-corrected chi connectivity index (χ3v) is 4.54. The molecular formula is C17H25NO2. The van der Waals surface area contributed by atoms with Crippen LogP contribution in [0.5, 0.6) is 0 Å². The van der Waals surface area contributed by atoms with Gasteiger partial charge in [-0.15, -0.1) is 0 Å². The van der Waals surface area contributed by atoms with Gasteiger partial charge >= 0.3 is 0 Å². The quantitative estimate of drug-likeness (QED) is 0.921. The van der Waals surface area contributed by atoms with Gasteiger partial charge in [-0.25, -0.2) is 0 Å². The molecule has 0 bridgehead atoms. The van der Waals surface area contributed by atoms with Gasteiger partial charge in [0.25, 0.3) is 0 Å². The van der Waals surface area contributed by atoms with Gasteiger partial charge in [0.15, 0.2) is 0 Å². The molecule has 1 N–H and O–H groups in total. The average Bonchev–Trinajstić information content (AvgIpc) is 2.48. The molecule has 0 saturated carbocycles. The zero-order chi connectivity index (χ0) is 14.8. The van der Waals surface area contributed by atoms with E-state index in [2.05, 4.69) is 6.92 Å². The Morgan fingerprint density at radius 2 is 2.00 bits per heavy atom. The fourth-order valence-electron chi connectivity index (χ4n) is 2.98. The van der Waals surface area contributed by atoms with Gasteiger partial charge < -0.3 is 10.0 Å². The van der Waals surface area contributed by atoms with Crippen LogP contribution in [0.15, 0.2) is 30.3 Å². The van der Waals surface area contributed by atoms with Gasteiger partial charge in [0.05, 0.1) is 11.5 Å². The lowest BCUT2D eigenvalue weighted by Crippen LogP contribution is -2.51. The molecule has 20 heavy (non-hydrogen) atoms. The second-order valence-electron chi connectivity index (χ2n) is 6.27. The van der Waals surface area contributed by atoms with Crippen molar-refractivity contribution in [2.75, 3.05) is 13.1 Å². The second kappa shape index (κ2) is 5.96. The number of nitrogens with zero attached hydrogens (tertiary/aromatic N) is 1. The molecule has 3 nitrogen and oxygen atoms in total. The summed E-state index contributed by atoms with van der Waals surface area (Å²) in [6.07, 6.45) is 1.34. The van der Waals surface area contributed by atoms with Gasteiger partial charge in [-0.3, -0.25) is 4.79 Å². The maximum atomic E-state index is 12.8. The van der Waals surface area contributed by atoms with Crippen LogP contribution < -0.4 is 0 Å². The number of rotatable bonds is 3. The number of hydrogen-bond donors (Lipinski definition) is 1. The highest BCUT2D eigenvalue weighted by Gasteiger charge is 2.37. The highest BCUT2D eigenvalue weighted by molar-refractivity contribution is 5.87. The summed E-state index contributed by atoms with van der Waals surface area (Å²) in [4.78, 5) is 14.8. The molecule has 1 aromatic rings. The Bertz CT molecular complexity index is 455. The fourth-order valence-corrected chi connectivity index (χ4v) is 2.98. The fraction of sp³-hybridized carbons (Fsp3) is 0.588. The summed E-state index contributed by atoms with van der Waals surface area (Å²) < 4.78 is 0. The standard InChI is InChI=1S/C17H25NO2/c1-4-13-12-18(11-10-15(13)19)16(20)17(2,3)14-8-6-5-7-9-14/h5-9,13,15,19H,4,10-12H2,1-3H3. The van der Waals surface area contributed by atoms with E-state index in [0.29, 0.717) is 19.5 Å². The molecule has 2 rings (SSSR count).